The summed E-state index contributed by atoms with van der Waals surface area (Å²) < 4.78 is 4.90. The molecule has 0 bridgehead atoms. The largest absolute Gasteiger partial charge is 0.459 e. The number of para-hydroxylation sites is 1. The van der Waals surface area contributed by atoms with E-state index in [2.05, 4.69) is 5.43 Å². The number of nitrogens with zero attached hydrogens (tertiary/aromatic N) is 1. The molecule has 0 unspecified atom stereocenters. The molecule has 0 spiro atoms. The zero-order valence-electron chi connectivity index (χ0n) is 7.27. The number of benzene rings is 1. The summed E-state index contributed by atoms with van der Waals surface area (Å²) in [6.45, 7) is 0.0126. The normalized spacial score (nSPS) is 15.6. The molecule has 1 aliphatic heterocycles. The van der Waals surface area contributed by atoms with E-state index in [1.54, 1.807) is 0 Å². The Morgan fingerprint density at radius 3 is 2.64 bits per heavy atom. The Labute approximate surface area is 86.4 Å². The number of hydrazine groups is 1. The zero-order valence-corrected chi connectivity index (χ0v) is 8.08. The first-order chi connectivity index (χ1) is 6.77. The molecule has 1 fully saturated rings. The molecule has 1 N–H and O–H groups in total. The molecule has 1 saturated heterocycles. The maximum Gasteiger partial charge on any atom is 0.286 e. The first kappa shape index (κ1) is 8.96. The van der Waals surface area contributed by atoms with Crippen LogP contribution in [0, 0.1) is 0 Å². The number of hydrogen-bond donors (Lipinski definition) is 1. The molecule has 4 nitrogen and oxygen atoms in total. The van der Waals surface area contributed by atoms with Crippen molar-refractivity contribution < 1.29 is 9.53 Å². The van der Waals surface area contributed by atoms with Crippen LogP contribution in [0.5, 0.6) is 0 Å². The van der Waals surface area contributed by atoms with Gasteiger partial charge >= 0.3 is 0 Å². The number of anilines is 1. The van der Waals surface area contributed by atoms with Crippen LogP contribution >= 0.6 is 12.2 Å². The molecule has 72 valence electrons. The van der Waals surface area contributed by atoms with Gasteiger partial charge in [0.1, 0.15) is 0 Å². The molecule has 1 aromatic rings. The fourth-order valence-corrected chi connectivity index (χ4v) is 1.31. The lowest BCUT2D eigenvalue weighted by Gasteiger charge is -2.15. The van der Waals surface area contributed by atoms with Crippen molar-refractivity contribution in [2.75, 3.05) is 12.0 Å². The van der Waals surface area contributed by atoms with Gasteiger partial charge in [0.15, 0.2) is 6.61 Å². The molecule has 0 aliphatic carbocycles. The first-order valence-corrected chi connectivity index (χ1v) is 4.49. The van der Waals surface area contributed by atoms with Gasteiger partial charge in [-0.05, 0) is 24.4 Å². The average molecular weight is 208 g/mol. The number of nitrogens with one attached hydrogen (secondary N) is 1. The molecular weight excluding hydrogens is 200 g/mol. The van der Waals surface area contributed by atoms with Gasteiger partial charge < -0.3 is 4.74 Å². The molecule has 0 atom stereocenters. The van der Waals surface area contributed by atoms with Crippen molar-refractivity contribution in [2.45, 2.75) is 0 Å². The van der Waals surface area contributed by atoms with E-state index in [0.717, 1.165) is 5.69 Å². The Morgan fingerprint density at radius 1 is 1.36 bits per heavy atom. The van der Waals surface area contributed by atoms with Crippen molar-refractivity contribution >= 4 is 29.0 Å². The summed E-state index contributed by atoms with van der Waals surface area (Å²) >= 11 is 4.84. The molecule has 0 saturated carbocycles. The Bertz CT molecular complexity index is 350. The summed E-state index contributed by atoms with van der Waals surface area (Å²) in [5, 5.41) is 1.39. The third-order valence-electron chi connectivity index (χ3n) is 1.77. The van der Waals surface area contributed by atoms with Crippen LogP contribution in [0.2, 0.25) is 0 Å². The zero-order chi connectivity index (χ0) is 9.97. The summed E-state index contributed by atoms with van der Waals surface area (Å²) in [4.78, 5) is 11.2. The molecule has 5 heteroatoms. The minimum atomic E-state index is -0.182. The number of hydrogen-bond acceptors (Lipinski definition) is 4. The third-order valence-corrected chi connectivity index (χ3v) is 2.07. The van der Waals surface area contributed by atoms with Gasteiger partial charge in [0, 0.05) is 0 Å². The molecule has 0 radical (unpaired) electrons. The average Bonchev–Trinajstić information content (AvgIpc) is 2.51. The highest BCUT2D eigenvalue weighted by Crippen LogP contribution is 2.11. The third kappa shape index (κ3) is 1.67. The van der Waals surface area contributed by atoms with Gasteiger partial charge in [-0.25, -0.2) is 0 Å². The number of rotatable bonds is 2. The predicted molar refractivity (Wildman–Crippen MR) is 55.5 cm³/mol. The van der Waals surface area contributed by atoms with Gasteiger partial charge in [0.25, 0.3) is 11.1 Å². The van der Waals surface area contributed by atoms with E-state index in [9.17, 15) is 4.79 Å². The van der Waals surface area contributed by atoms with Crippen LogP contribution < -0.4 is 5.43 Å². The van der Waals surface area contributed by atoms with E-state index in [1.165, 1.54) is 5.01 Å². The van der Waals surface area contributed by atoms with Crippen LogP contribution in [-0.4, -0.2) is 22.7 Å². The molecule has 1 aromatic carbocycles. The van der Waals surface area contributed by atoms with E-state index in [4.69, 9.17) is 17.0 Å². The SMILES string of the molecule is O=C1COC(=S)N1Nc1ccccc1. The van der Waals surface area contributed by atoms with Crippen LogP contribution in [0.4, 0.5) is 5.69 Å². The molecular formula is C9H8N2O2S. The summed E-state index contributed by atoms with van der Waals surface area (Å²) in [5.41, 5.74) is 3.66. The monoisotopic (exact) mass is 208 g/mol. The van der Waals surface area contributed by atoms with Crippen molar-refractivity contribution in [1.29, 1.82) is 0 Å². The Morgan fingerprint density at radius 2 is 2.07 bits per heavy atom. The molecule has 1 amide bonds. The van der Waals surface area contributed by atoms with Crippen LogP contribution in [0.3, 0.4) is 0 Å². The fraction of sp³-hybridized carbons (Fsp3) is 0.111. The number of ether oxygens (including phenoxy) is 1. The van der Waals surface area contributed by atoms with Crippen LogP contribution in [0.25, 0.3) is 0 Å². The maximum absolute atomic E-state index is 11.2. The van der Waals surface area contributed by atoms with Gasteiger partial charge in [-0.3, -0.25) is 10.2 Å². The standard InChI is InChI=1S/C9H8N2O2S/c12-8-6-13-9(14)11(8)10-7-4-2-1-3-5-7/h1-5,10H,6H2. The molecule has 2 rings (SSSR count). The smallest absolute Gasteiger partial charge is 0.286 e. The summed E-state index contributed by atoms with van der Waals surface area (Å²) in [6.07, 6.45) is 0. The van der Waals surface area contributed by atoms with Crippen molar-refractivity contribution in [3.8, 4) is 0 Å². The van der Waals surface area contributed by atoms with Crippen LogP contribution in [-0.2, 0) is 9.53 Å². The minimum Gasteiger partial charge on any atom is -0.459 e. The molecule has 1 aliphatic rings. The Balaban J connectivity index is 2.11. The molecule has 1 heterocycles. The van der Waals surface area contributed by atoms with Crippen LogP contribution in [0.1, 0.15) is 0 Å². The second-order valence-corrected chi connectivity index (χ2v) is 3.11. The number of carbonyl (C=O) groups is 1. The topological polar surface area (TPSA) is 41.6 Å². The Hall–Kier alpha value is -1.62. The second kappa shape index (κ2) is 3.63. The highest BCUT2D eigenvalue weighted by atomic mass is 32.1. The van der Waals surface area contributed by atoms with E-state index in [1.807, 2.05) is 30.3 Å². The van der Waals surface area contributed by atoms with Crippen molar-refractivity contribution in [3.63, 3.8) is 0 Å². The van der Waals surface area contributed by atoms with Crippen molar-refractivity contribution in [2.24, 2.45) is 0 Å². The highest BCUT2D eigenvalue weighted by Gasteiger charge is 2.27. The number of carbonyl (C=O) groups excluding carboxylic acids is 1. The van der Waals surface area contributed by atoms with E-state index < -0.39 is 0 Å². The van der Waals surface area contributed by atoms with Gasteiger partial charge in [0.05, 0.1) is 5.69 Å². The van der Waals surface area contributed by atoms with E-state index in [0.29, 0.717) is 0 Å². The van der Waals surface area contributed by atoms with Gasteiger partial charge in [-0.15, -0.1) is 0 Å². The van der Waals surface area contributed by atoms with Crippen LogP contribution in [0.15, 0.2) is 30.3 Å². The lowest BCUT2D eigenvalue weighted by molar-refractivity contribution is -0.124. The molecule has 14 heavy (non-hydrogen) atoms. The van der Waals surface area contributed by atoms with Gasteiger partial charge in [-0.1, -0.05) is 18.2 Å². The lowest BCUT2D eigenvalue weighted by Crippen LogP contribution is -2.34. The second-order valence-electron chi connectivity index (χ2n) is 2.76. The molecule has 0 aromatic heterocycles. The fourth-order valence-electron chi connectivity index (χ4n) is 1.10. The predicted octanol–water partition coefficient (Wildman–Crippen LogP) is 1.16. The van der Waals surface area contributed by atoms with E-state index >= 15 is 0 Å². The van der Waals surface area contributed by atoms with Gasteiger partial charge in [0.2, 0.25) is 0 Å². The van der Waals surface area contributed by atoms with Crippen molar-refractivity contribution in [3.05, 3.63) is 30.3 Å². The van der Waals surface area contributed by atoms with Gasteiger partial charge in [-0.2, -0.15) is 5.01 Å². The highest BCUT2D eigenvalue weighted by molar-refractivity contribution is 7.80. The lowest BCUT2D eigenvalue weighted by atomic mass is 10.3. The quantitative estimate of drug-likeness (QED) is 0.740. The minimum absolute atomic E-state index is 0.0126. The Kier molecular flexibility index (Phi) is 2.32. The summed E-state index contributed by atoms with van der Waals surface area (Å²) in [6, 6.07) is 9.31. The summed E-state index contributed by atoms with van der Waals surface area (Å²) in [7, 11) is 0. The maximum atomic E-state index is 11.2. The van der Waals surface area contributed by atoms with Crippen molar-refractivity contribution in [1.82, 2.24) is 5.01 Å². The number of amides is 1. The first-order valence-electron chi connectivity index (χ1n) is 4.09. The number of thiocarbonyl (C=S) groups is 1. The summed E-state index contributed by atoms with van der Waals surface area (Å²) in [5.74, 6) is -0.182. The van der Waals surface area contributed by atoms with E-state index in [-0.39, 0.29) is 17.7 Å².